The Labute approximate surface area is 97.6 Å². The van der Waals surface area contributed by atoms with Crippen molar-refractivity contribution in [2.24, 2.45) is 5.73 Å². The standard InChI is InChI=1S/C12H23N3O/c13-8-9-15(11-6-7-11)12(16)14-10-4-2-1-3-5-10/h10-11H,1-9,13H2,(H,14,16). The predicted molar refractivity (Wildman–Crippen MR) is 64.2 cm³/mol. The number of urea groups is 1. The molecule has 0 aromatic heterocycles. The highest BCUT2D eigenvalue weighted by Crippen LogP contribution is 2.27. The lowest BCUT2D eigenvalue weighted by atomic mass is 9.96. The molecule has 3 N–H and O–H groups in total. The molecular formula is C12H23N3O. The van der Waals surface area contributed by atoms with Crippen LogP contribution in [0.4, 0.5) is 4.79 Å². The zero-order valence-corrected chi connectivity index (χ0v) is 9.95. The van der Waals surface area contributed by atoms with Gasteiger partial charge in [-0.3, -0.25) is 0 Å². The molecule has 4 nitrogen and oxygen atoms in total. The fraction of sp³-hybridized carbons (Fsp3) is 0.917. The highest BCUT2D eigenvalue weighted by molar-refractivity contribution is 5.75. The van der Waals surface area contributed by atoms with Crippen LogP contribution in [0.5, 0.6) is 0 Å². The summed E-state index contributed by atoms with van der Waals surface area (Å²) in [6.07, 6.45) is 8.42. The van der Waals surface area contributed by atoms with Gasteiger partial charge in [0.2, 0.25) is 0 Å². The summed E-state index contributed by atoms with van der Waals surface area (Å²) in [4.78, 5) is 14.0. The molecule has 0 spiro atoms. The number of carbonyl (C=O) groups excluding carboxylic acids is 1. The minimum absolute atomic E-state index is 0.111. The van der Waals surface area contributed by atoms with E-state index in [9.17, 15) is 4.79 Å². The average molecular weight is 225 g/mol. The molecule has 2 fully saturated rings. The van der Waals surface area contributed by atoms with Gasteiger partial charge in [-0.1, -0.05) is 19.3 Å². The molecule has 0 bridgehead atoms. The van der Waals surface area contributed by atoms with E-state index < -0.39 is 0 Å². The van der Waals surface area contributed by atoms with Crippen molar-refractivity contribution in [3.05, 3.63) is 0 Å². The second-order valence-corrected chi connectivity index (χ2v) is 5.00. The quantitative estimate of drug-likeness (QED) is 0.761. The number of nitrogens with two attached hydrogens (primary N) is 1. The number of nitrogens with one attached hydrogen (secondary N) is 1. The van der Waals surface area contributed by atoms with E-state index in [1.807, 2.05) is 4.90 Å². The first-order valence-corrected chi connectivity index (χ1v) is 6.58. The number of hydrogen-bond donors (Lipinski definition) is 2. The minimum atomic E-state index is 0.111. The lowest BCUT2D eigenvalue weighted by molar-refractivity contribution is 0.188. The molecule has 0 saturated heterocycles. The summed E-state index contributed by atoms with van der Waals surface area (Å²) < 4.78 is 0. The van der Waals surface area contributed by atoms with Gasteiger partial charge in [-0.05, 0) is 25.7 Å². The molecule has 0 heterocycles. The Morgan fingerprint density at radius 1 is 1.19 bits per heavy atom. The van der Waals surface area contributed by atoms with Crippen LogP contribution in [0.15, 0.2) is 0 Å². The van der Waals surface area contributed by atoms with Gasteiger partial charge in [0, 0.05) is 25.2 Å². The summed E-state index contributed by atoms with van der Waals surface area (Å²) in [5, 5.41) is 3.16. The van der Waals surface area contributed by atoms with Gasteiger partial charge in [-0.15, -0.1) is 0 Å². The normalized spacial score (nSPS) is 21.8. The van der Waals surface area contributed by atoms with E-state index >= 15 is 0 Å². The maximum Gasteiger partial charge on any atom is 0.317 e. The molecule has 2 amide bonds. The Hall–Kier alpha value is -0.770. The fourth-order valence-electron chi connectivity index (χ4n) is 2.48. The molecule has 0 atom stereocenters. The Morgan fingerprint density at radius 3 is 2.44 bits per heavy atom. The SMILES string of the molecule is NCCN(C(=O)NC1CCCCC1)C1CC1. The van der Waals surface area contributed by atoms with Crippen molar-refractivity contribution >= 4 is 6.03 Å². The molecule has 0 aromatic rings. The first kappa shape index (κ1) is 11.7. The van der Waals surface area contributed by atoms with E-state index in [0.29, 0.717) is 25.2 Å². The molecule has 92 valence electrons. The van der Waals surface area contributed by atoms with Crippen molar-refractivity contribution in [1.29, 1.82) is 0 Å². The predicted octanol–water partition coefficient (Wildman–Crippen LogP) is 1.45. The molecule has 0 aliphatic heterocycles. The summed E-state index contributed by atoms with van der Waals surface area (Å²) in [7, 11) is 0. The van der Waals surface area contributed by atoms with Crippen LogP contribution < -0.4 is 11.1 Å². The zero-order chi connectivity index (χ0) is 11.4. The van der Waals surface area contributed by atoms with Crippen molar-refractivity contribution in [3.8, 4) is 0 Å². The van der Waals surface area contributed by atoms with E-state index in [2.05, 4.69) is 5.32 Å². The van der Waals surface area contributed by atoms with Gasteiger partial charge in [0.1, 0.15) is 0 Å². The van der Waals surface area contributed by atoms with Crippen LogP contribution >= 0.6 is 0 Å². The van der Waals surface area contributed by atoms with Crippen LogP contribution in [0.25, 0.3) is 0 Å². The lowest BCUT2D eigenvalue weighted by Crippen LogP contribution is -2.48. The largest absolute Gasteiger partial charge is 0.335 e. The molecule has 0 unspecified atom stereocenters. The summed E-state index contributed by atoms with van der Waals surface area (Å²) in [5.41, 5.74) is 5.54. The van der Waals surface area contributed by atoms with Gasteiger partial charge >= 0.3 is 6.03 Å². The molecule has 0 radical (unpaired) electrons. The van der Waals surface area contributed by atoms with Crippen LogP contribution in [0.3, 0.4) is 0 Å². The topological polar surface area (TPSA) is 58.4 Å². The monoisotopic (exact) mass is 225 g/mol. The van der Waals surface area contributed by atoms with Crippen LogP contribution in [-0.2, 0) is 0 Å². The van der Waals surface area contributed by atoms with Crippen LogP contribution in [0, 0.1) is 0 Å². The van der Waals surface area contributed by atoms with E-state index in [4.69, 9.17) is 5.73 Å². The molecule has 2 rings (SSSR count). The van der Waals surface area contributed by atoms with E-state index in [-0.39, 0.29) is 6.03 Å². The van der Waals surface area contributed by atoms with Gasteiger partial charge in [-0.2, -0.15) is 0 Å². The molecular weight excluding hydrogens is 202 g/mol. The Bertz CT molecular complexity index is 234. The summed E-state index contributed by atoms with van der Waals surface area (Å²) in [6.45, 7) is 1.26. The van der Waals surface area contributed by atoms with Crippen LogP contribution in [0.2, 0.25) is 0 Å². The Kier molecular flexibility index (Phi) is 4.04. The highest BCUT2D eigenvalue weighted by Gasteiger charge is 2.32. The molecule has 16 heavy (non-hydrogen) atoms. The third-order valence-corrected chi connectivity index (χ3v) is 3.55. The summed E-state index contributed by atoms with van der Waals surface area (Å²) >= 11 is 0. The molecule has 2 aliphatic carbocycles. The Balaban J connectivity index is 1.79. The second kappa shape index (κ2) is 5.53. The van der Waals surface area contributed by atoms with E-state index in [1.165, 1.54) is 19.3 Å². The van der Waals surface area contributed by atoms with Gasteiger partial charge in [0.15, 0.2) is 0 Å². The zero-order valence-electron chi connectivity index (χ0n) is 9.95. The van der Waals surface area contributed by atoms with Crippen molar-refractivity contribution in [2.45, 2.75) is 57.0 Å². The number of carbonyl (C=O) groups is 1. The van der Waals surface area contributed by atoms with Gasteiger partial charge in [0.05, 0.1) is 0 Å². The third-order valence-electron chi connectivity index (χ3n) is 3.55. The van der Waals surface area contributed by atoms with Crippen LogP contribution in [-0.4, -0.2) is 36.1 Å². The number of hydrogen-bond acceptors (Lipinski definition) is 2. The lowest BCUT2D eigenvalue weighted by Gasteiger charge is -2.28. The molecule has 4 heteroatoms. The average Bonchev–Trinajstić information content (AvgIpc) is 3.11. The second-order valence-electron chi connectivity index (χ2n) is 5.00. The highest BCUT2D eigenvalue weighted by atomic mass is 16.2. The maximum absolute atomic E-state index is 12.0. The van der Waals surface area contributed by atoms with E-state index in [1.54, 1.807) is 0 Å². The van der Waals surface area contributed by atoms with Crippen molar-refractivity contribution in [2.75, 3.05) is 13.1 Å². The third kappa shape index (κ3) is 3.11. The van der Waals surface area contributed by atoms with Crippen LogP contribution in [0.1, 0.15) is 44.9 Å². The molecule has 2 saturated carbocycles. The smallest absolute Gasteiger partial charge is 0.317 e. The maximum atomic E-state index is 12.0. The summed E-state index contributed by atoms with van der Waals surface area (Å²) in [5.74, 6) is 0. The van der Waals surface area contributed by atoms with Gasteiger partial charge in [-0.25, -0.2) is 4.79 Å². The Morgan fingerprint density at radius 2 is 1.88 bits per heavy atom. The van der Waals surface area contributed by atoms with Crippen molar-refractivity contribution in [3.63, 3.8) is 0 Å². The molecule has 0 aromatic carbocycles. The number of nitrogens with zero attached hydrogens (tertiary/aromatic N) is 1. The fourth-order valence-corrected chi connectivity index (χ4v) is 2.48. The van der Waals surface area contributed by atoms with Crippen molar-refractivity contribution in [1.82, 2.24) is 10.2 Å². The molecule has 2 aliphatic rings. The van der Waals surface area contributed by atoms with Gasteiger partial charge < -0.3 is 16.0 Å². The first-order valence-electron chi connectivity index (χ1n) is 6.58. The van der Waals surface area contributed by atoms with Gasteiger partial charge in [0.25, 0.3) is 0 Å². The summed E-state index contributed by atoms with van der Waals surface area (Å²) in [6, 6.07) is 0.979. The minimum Gasteiger partial charge on any atom is -0.335 e. The first-order chi connectivity index (χ1) is 7.81. The number of amides is 2. The van der Waals surface area contributed by atoms with E-state index in [0.717, 1.165) is 25.7 Å². The van der Waals surface area contributed by atoms with Crippen molar-refractivity contribution < 1.29 is 4.79 Å². The number of rotatable bonds is 4.